The van der Waals surface area contributed by atoms with Crippen molar-refractivity contribution in [3.8, 4) is 0 Å². The van der Waals surface area contributed by atoms with Crippen LogP contribution in [0.25, 0.3) is 0 Å². The van der Waals surface area contributed by atoms with E-state index >= 15 is 0 Å². The third-order valence-corrected chi connectivity index (χ3v) is 4.27. The van der Waals surface area contributed by atoms with Gasteiger partial charge >= 0.3 is 0 Å². The molecule has 0 saturated carbocycles. The van der Waals surface area contributed by atoms with Crippen LogP contribution in [0.1, 0.15) is 25.7 Å². The van der Waals surface area contributed by atoms with Crippen molar-refractivity contribution in [1.82, 2.24) is 5.32 Å². The lowest BCUT2D eigenvalue weighted by atomic mass is 10.3. The van der Waals surface area contributed by atoms with Gasteiger partial charge in [0, 0.05) is 9.75 Å². The highest BCUT2D eigenvalue weighted by Crippen LogP contribution is 2.21. The van der Waals surface area contributed by atoms with Crippen LogP contribution in [0.2, 0.25) is 0 Å². The molecule has 1 amide bonds. The third kappa shape index (κ3) is 2.79. The second-order valence-corrected chi connectivity index (χ2v) is 5.80. The summed E-state index contributed by atoms with van der Waals surface area (Å²) in [4.78, 5) is 14.2. The first kappa shape index (κ1) is 12.4. The Balaban J connectivity index is 1.99. The second kappa shape index (κ2) is 5.06. The lowest BCUT2D eigenvalue weighted by Gasteiger charge is -2.01. The van der Waals surface area contributed by atoms with Crippen molar-refractivity contribution < 1.29 is 9.21 Å². The van der Waals surface area contributed by atoms with E-state index in [2.05, 4.69) is 41.2 Å². The van der Waals surface area contributed by atoms with Crippen LogP contribution in [0.3, 0.4) is 0 Å². The number of carbonyl (C=O) groups is 1. The van der Waals surface area contributed by atoms with E-state index in [0.717, 1.165) is 4.88 Å². The monoisotopic (exact) mass is 313 g/mol. The van der Waals surface area contributed by atoms with Gasteiger partial charge in [-0.05, 0) is 47.5 Å². The van der Waals surface area contributed by atoms with Gasteiger partial charge in [0.25, 0.3) is 5.91 Å². The van der Waals surface area contributed by atoms with E-state index < -0.39 is 0 Å². The molecule has 0 saturated heterocycles. The van der Waals surface area contributed by atoms with Crippen LogP contribution >= 0.6 is 27.3 Å². The maximum atomic E-state index is 11.8. The summed E-state index contributed by atoms with van der Waals surface area (Å²) in [7, 11) is 0. The van der Waals surface area contributed by atoms with Gasteiger partial charge in [0.05, 0.1) is 18.4 Å². The largest absolute Gasteiger partial charge is 0.457 e. The van der Waals surface area contributed by atoms with E-state index in [-0.39, 0.29) is 5.91 Å². The lowest BCUT2D eigenvalue weighted by Crippen LogP contribution is -2.22. The van der Waals surface area contributed by atoms with Crippen molar-refractivity contribution in [3.05, 3.63) is 43.9 Å². The number of hydrogen-bond acceptors (Lipinski definition) is 3. The summed E-state index contributed by atoms with van der Waals surface area (Å²) in [6.07, 6.45) is 1.48. The van der Waals surface area contributed by atoms with Crippen molar-refractivity contribution in [2.24, 2.45) is 0 Å². The Hall–Kier alpha value is -1.07. The molecule has 1 N–H and O–H groups in total. The number of furan rings is 1. The number of rotatable bonds is 3. The van der Waals surface area contributed by atoms with Gasteiger partial charge < -0.3 is 9.73 Å². The van der Waals surface area contributed by atoms with E-state index in [4.69, 9.17) is 4.42 Å². The normalized spacial score (nSPS) is 10.5. The van der Waals surface area contributed by atoms with Crippen LogP contribution < -0.4 is 5.32 Å². The first-order valence-electron chi connectivity index (χ1n) is 5.15. The molecule has 5 heteroatoms. The molecule has 0 bridgehead atoms. The summed E-state index contributed by atoms with van der Waals surface area (Å²) < 4.78 is 5.49. The topological polar surface area (TPSA) is 42.2 Å². The third-order valence-electron chi connectivity index (χ3n) is 2.50. The van der Waals surface area contributed by atoms with Crippen LogP contribution in [0, 0.1) is 13.8 Å². The highest BCUT2D eigenvalue weighted by atomic mass is 79.9. The van der Waals surface area contributed by atoms with Crippen LogP contribution in [-0.4, -0.2) is 5.91 Å². The minimum absolute atomic E-state index is 0.130. The molecule has 0 fully saturated rings. The van der Waals surface area contributed by atoms with Gasteiger partial charge in [-0.3, -0.25) is 4.79 Å². The number of thiophene rings is 1. The maximum absolute atomic E-state index is 11.8. The van der Waals surface area contributed by atoms with Gasteiger partial charge in [-0.15, -0.1) is 11.3 Å². The molecule has 2 heterocycles. The van der Waals surface area contributed by atoms with Crippen molar-refractivity contribution in [2.75, 3.05) is 0 Å². The fourth-order valence-corrected chi connectivity index (χ4v) is 2.87. The van der Waals surface area contributed by atoms with Gasteiger partial charge in [0.1, 0.15) is 0 Å². The molecule has 17 heavy (non-hydrogen) atoms. The molecule has 0 atom stereocenters. The number of carbonyl (C=O) groups excluding carboxylic acids is 1. The van der Waals surface area contributed by atoms with E-state index in [9.17, 15) is 4.79 Å². The molecule has 3 nitrogen and oxygen atoms in total. The Morgan fingerprint density at radius 1 is 1.53 bits per heavy atom. The molecule has 2 aromatic rings. The van der Waals surface area contributed by atoms with Gasteiger partial charge in [-0.25, -0.2) is 0 Å². The molecule has 0 aromatic carbocycles. The van der Waals surface area contributed by atoms with E-state index in [1.807, 2.05) is 0 Å². The van der Waals surface area contributed by atoms with Crippen LogP contribution in [0.4, 0.5) is 0 Å². The molecule has 0 radical (unpaired) electrons. The second-order valence-electron chi connectivity index (χ2n) is 3.74. The summed E-state index contributed by atoms with van der Waals surface area (Å²) in [5.41, 5.74) is 1.79. The van der Waals surface area contributed by atoms with Gasteiger partial charge in [0.15, 0.2) is 4.67 Å². The fourth-order valence-electron chi connectivity index (χ4n) is 1.46. The van der Waals surface area contributed by atoms with Crippen molar-refractivity contribution in [3.63, 3.8) is 0 Å². The van der Waals surface area contributed by atoms with Crippen molar-refractivity contribution >= 4 is 33.2 Å². The summed E-state index contributed by atoms with van der Waals surface area (Å²) >= 11 is 4.89. The number of nitrogens with one attached hydrogen (secondary N) is 1. The predicted octanol–water partition coefficient (Wildman–Crippen LogP) is 3.65. The molecule has 0 spiro atoms. The van der Waals surface area contributed by atoms with Crippen LogP contribution in [-0.2, 0) is 6.54 Å². The average molecular weight is 314 g/mol. The quantitative estimate of drug-likeness (QED) is 0.939. The zero-order valence-corrected chi connectivity index (χ0v) is 11.9. The summed E-state index contributed by atoms with van der Waals surface area (Å²) in [6, 6.07) is 3.75. The highest BCUT2D eigenvalue weighted by molar-refractivity contribution is 9.10. The Morgan fingerprint density at radius 3 is 2.82 bits per heavy atom. The molecular weight excluding hydrogens is 302 g/mol. The lowest BCUT2D eigenvalue weighted by molar-refractivity contribution is 0.0949. The van der Waals surface area contributed by atoms with Gasteiger partial charge in [-0.2, -0.15) is 0 Å². The van der Waals surface area contributed by atoms with Gasteiger partial charge in [0.2, 0.25) is 0 Å². The molecule has 2 rings (SSSR count). The Bertz CT molecular complexity index is 525. The Morgan fingerprint density at radius 2 is 2.29 bits per heavy atom. The standard InChI is InChI=1S/C12H12BrNO2S/c1-7-5-9(17-8(7)2)6-14-12(15)10-3-4-16-11(10)13/h3-5H,6H2,1-2H3,(H,14,15). The summed E-state index contributed by atoms with van der Waals surface area (Å²) in [5.74, 6) is -0.130. The van der Waals surface area contributed by atoms with Gasteiger partial charge in [-0.1, -0.05) is 0 Å². The van der Waals surface area contributed by atoms with E-state index in [0.29, 0.717) is 16.8 Å². The zero-order chi connectivity index (χ0) is 12.4. The predicted molar refractivity (Wildman–Crippen MR) is 71.4 cm³/mol. The average Bonchev–Trinajstić information content (AvgIpc) is 2.83. The summed E-state index contributed by atoms with van der Waals surface area (Å²) in [5, 5.41) is 2.86. The Kier molecular flexibility index (Phi) is 3.69. The first-order valence-corrected chi connectivity index (χ1v) is 6.76. The Labute approximate surface area is 112 Å². The number of halogens is 1. The molecule has 0 aliphatic carbocycles. The smallest absolute Gasteiger partial charge is 0.256 e. The molecule has 0 aliphatic rings. The number of aryl methyl sites for hydroxylation is 2. The van der Waals surface area contributed by atoms with Crippen molar-refractivity contribution in [2.45, 2.75) is 20.4 Å². The van der Waals surface area contributed by atoms with Crippen LogP contribution in [0.5, 0.6) is 0 Å². The fraction of sp³-hybridized carbons (Fsp3) is 0.250. The minimum atomic E-state index is -0.130. The van der Waals surface area contributed by atoms with Crippen LogP contribution in [0.15, 0.2) is 27.5 Å². The van der Waals surface area contributed by atoms with E-state index in [1.54, 1.807) is 17.4 Å². The molecule has 0 aliphatic heterocycles. The molecule has 2 aromatic heterocycles. The van der Waals surface area contributed by atoms with E-state index in [1.165, 1.54) is 16.7 Å². The minimum Gasteiger partial charge on any atom is -0.457 e. The first-order chi connectivity index (χ1) is 8.08. The molecule has 90 valence electrons. The SMILES string of the molecule is Cc1cc(CNC(=O)c2ccoc2Br)sc1C. The zero-order valence-electron chi connectivity index (χ0n) is 9.54. The number of hydrogen-bond donors (Lipinski definition) is 1. The highest BCUT2D eigenvalue weighted by Gasteiger charge is 2.12. The van der Waals surface area contributed by atoms with Crippen molar-refractivity contribution in [1.29, 1.82) is 0 Å². The maximum Gasteiger partial charge on any atom is 0.256 e. The molecule has 0 unspecified atom stereocenters. The summed E-state index contributed by atoms with van der Waals surface area (Å²) in [6.45, 7) is 4.71. The number of amides is 1. The molecular formula is C12H12BrNO2S.